The van der Waals surface area contributed by atoms with Crippen LogP contribution in [-0.2, 0) is 0 Å². The molecule has 0 aromatic heterocycles. The Balaban J connectivity index is 3.21. The van der Waals surface area contributed by atoms with Gasteiger partial charge in [-0.1, -0.05) is 59.3 Å². The van der Waals surface area contributed by atoms with E-state index in [1.165, 1.54) is 38.5 Å². The molecule has 0 heterocycles. The Kier molecular flexibility index (Phi) is 8.53. The number of nitrogens with two attached hydrogens (primary N) is 1. The summed E-state index contributed by atoms with van der Waals surface area (Å²) in [5, 5.41) is 0. The van der Waals surface area contributed by atoms with E-state index in [0.717, 1.165) is 12.5 Å². The third-order valence-corrected chi connectivity index (χ3v) is 3.11. The summed E-state index contributed by atoms with van der Waals surface area (Å²) in [4.78, 5) is 0. The van der Waals surface area contributed by atoms with Crippen molar-refractivity contribution >= 4 is 0 Å². The van der Waals surface area contributed by atoms with Gasteiger partial charge in [-0.3, -0.25) is 0 Å². The molecule has 0 aliphatic carbocycles. The average molecular weight is 185 g/mol. The van der Waals surface area contributed by atoms with Crippen molar-refractivity contribution in [3.63, 3.8) is 0 Å². The highest BCUT2D eigenvalue weighted by Gasteiger charge is 2.09. The summed E-state index contributed by atoms with van der Waals surface area (Å²) in [6.45, 7) is 7.70. The molecule has 0 aliphatic heterocycles. The van der Waals surface area contributed by atoms with Gasteiger partial charge < -0.3 is 5.73 Å². The standard InChI is InChI=1S/C12H27N/c1-4-5-6-7-8-9-11(2)12(3)10-13/h11-12H,4-10,13H2,1-3H3. The Labute approximate surface area is 84.1 Å². The van der Waals surface area contributed by atoms with Crippen LogP contribution in [0.3, 0.4) is 0 Å². The first kappa shape index (κ1) is 13.0. The number of rotatable bonds is 8. The van der Waals surface area contributed by atoms with Gasteiger partial charge in [-0.2, -0.15) is 0 Å². The molecule has 2 N–H and O–H groups in total. The first-order valence-electron chi connectivity index (χ1n) is 5.92. The van der Waals surface area contributed by atoms with Gasteiger partial charge in [0.25, 0.3) is 0 Å². The summed E-state index contributed by atoms with van der Waals surface area (Å²) in [5.74, 6) is 1.51. The van der Waals surface area contributed by atoms with E-state index < -0.39 is 0 Å². The predicted octanol–water partition coefficient (Wildman–Crippen LogP) is 3.58. The number of unbranched alkanes of at least 4 members (excludes halogenated alkanes) is 4. The molecule has 0 spiro atoms. The van der Waals surface area contributed by atoms with Gasteiger partial charge in [0.2, 0.25) is 0 Å². The zero-order valence-corrected chi connectivity index (χ0v) is 9.68. The van der Waals surface area contributed by atoms with Gasteiger partial charge in [-0.15, -0.1) is 0 Å². The Morgan fingerprint density at radius 1 is 0.923 bits per heavy atom. The van der Waals surface area contributed by atoms with E-state index in [-0.39, 0.29) is 0 Å². The second-order valence-electron chi connectivity index (χ2n) is 4.39. The van der Waals surface area contributed by atoms with Crippen molar-refractivity contribution in [2.45, 2.75) is 59.3 Å². The second-order valence-corrected chi connectivity index (χ2v) is 4.39. The van der Waals surface area contributed by atoms with Crippen LogP contribution in [0.4, 0.5) is 0 Å². The normalized spacial score (nSPS) is 15.7. The molecular formula is C12H27N. The van der Waals surface area contributed by atoms with Crippen molar-refractivity contribution in [3.05, 3.63) is 0 Å². The zero-order valence-electron chi connectivity index (χ0n) is 9.68. The molecule has 0 aliphatic rings. The topological polar surface area (TPSA) is 26.0 Å². The first-order chi connectivity index (χ1) is 6.22. The molecule has 0 amide bonds. The summed E-state index contributed by atoms with van der Waals surface area (Å²) >= 11 is 0. The van der Waals surface area contributed by atoms with E-state index in [9.17, 15) is 0 Å². The van der Waals surface area contributed by atoms with Crippen molar-refractivity contribution in [3.8, 4) is 0 Å². The molecule has 2 atom stereocenters. The van der Waals surface area contributed by atoms with Crippen LogP contribution in [0.25, 0.3) is 0 Å². The fourth-order valence-electron chi connectivity index (χ4n) is 1.59. The van der Waals surface area contributed by atoms with E-state index in [1.54, 1.807) is 0 Å². The van der Waals surface area contributed by atoms with Crippen LogP contribution in [0.5, 0.6) is 0 Å². The van der Waals surface area contributed by atoms with E-state index in [1.807, 2.05) is 0 Å². The molecule has 2 unspecified atom stereocenters. The highest BCUT2D eigenvalue weighted by molar-refractivity contribution is 4.62. The van der Waals surface area contributed by atoms with E-state index >= 15 is 0 Å². The molecule has 0 aromatic carbocycles. The summed E-state index contributed by atoms with van der Waals surface area (Å²) in [5.41, 5.74) is 5.62. The van der Waals surface area contributed by atoms with Crippen molar-refractivity contribution in [1.82, 2.24) is 0 Å². The third kappa shape index (κ3) is 7.06. The van der Waals surface area contributed by atoms with E-state index in [2.05, 4.69) is 20.8 Å². The lowest BCUT2D eigenvalue weighted by atomic mass is 9.91. The quantitative estimate of drug-likeness (QED) is 0.575. The zero-order chi connectivity index (χ0) is 10.1. The SMILES string of the molecule is CCCCCCCC(C)C(C)CN. The molecule has 80 valence electrons. The fraction of sp³-hybridized carbons (Fsp3) is 1.00. The van der Waals surface area contributed by atoms with Crippen LogP contribution in [0.1, 0.15) is 59.3 Å². The van der Waals surface area contributed by atoms with Crippen molar-refractivity contribution in [2.75, 3.05) is 6.54 Å². The third-order valence-electron chi connectivity index (χ3n) is 3.11. The van der Waals surface area contributed by atoms with Crippen LogP contribution in [0, 0.1) is 11.8 Å². The number of hydrogen-bond acceptors (Lipinski definition) is 1. The molecule has 0 bridgehead atoms. The van der Waals surface area contributed by atoms with Crippen LogP contribution in [-0.4, -0.2) is 6.54 Å². The average Bonchev–Trinajstić information content (AvgIpc) is 2.16. The fourth-order valence-corrected chi connectivity index (χ4v) is 1.59. The van der Waals surface area contributed by atoms with Crippen molar-refractivity contribution in [1.29, 1.82) is 0 Å². The van der Waals surface area contributed by atoms with Gasteiger partial charge >= 0.3 is 0 Å². The molecule has 0 aromatic rings. The van der Waals surface area contributed by atoms with Gasteiger partial charge in [0.15, 0.2) is 0 Å². The lowest BCUT2D eigenvalue weighted by molar-refractivity contribution is 0.358. The smallest absolute Gasteiger partial charge is 0.00490 e. The van der Waals surface area contributed by atoms with Gasteiger partial charge in [-0.25, -0.2) is 0 Å². The molecular weight excluding hydrogens is 158 g/mol. The van der Waals surface area contributed by atoms with Crippen LogP contribution < -0.4 is 5.73 Å². The Bertz CT molecular complexity index is 101. The minimum Gasteiger partial charge on any atom is -0.330 e. The maximum absolute atomic E-state index is 5.62. The van der Waals surface area contributed by atoms with E-state index in [0.29, 0.717) is 5.92 Å². The summed E-state index contributed by atoms with van der Waals surface area (Å²) in [7, 11) is 0. The van der Waals surface area contributed by atoms with E-state index in [4.69, 9.17) is 5.73 Å². The largest absolute Gasteiger partial charge is 0.330 e. The first-order valence-corrected chi connectivity index (χ1v) is 5.92. The molecule has 0 radical (unpaired) electrons. The minimum atomic E-state index is 0.700. The van der Waals surface area contributed by atoms with Crippen LogP contribution >= 0.6 is 0 Å². The van der Waals surface area contributed by atoms with Crippen LogP contribution in [0.2, 0.25) is 0 Å². The highest BCUT2D eigenvalue weighted by Crippen LogP contribution is 2.17. The van der Waals surface area contributed by atoms with Gasteiger partial charge in [-0.05, 0) is 18.4 Å². The monoisotopic (exact) mass is 185 g/mol. The Morgan fingerprint density at radius 3 is 2.08 bits per heavy atom. The molecule has 0 saturated carbocycles. The van der Waals surface area contributed by atoms with Gasteiger partial charge in [0.05, 0.1) is 0 Å². The summed E-state index contributed by atoms with van der Waals surface area (Å²) in [6, 6.07) is 0. The van der Waals surface area contributed by atoms with Crippen molar-refractivity contribution < 1.29 is 0 Å². The van der Waals surface area contributed by atoms with Crippen LogP contribution in [0.15, 0.2) is 0 Å². The molecule has 0 fully saturated rings. The lowest BCUT2D eigenvalue weighted by Crippen LogP contribution is -2.18. The molecule has 0 saturated heterocycles. The molecule has 13 heavy (non-hydrogen) atoms. The lowest BCUT2D eigenvalue weighted by Gasteiger charge is -2.17. The van der Waals surface area contributed by atoms with Gasteiger partial charge in [0.1, 0.15) is 0 Å². The maximum Gasteiger partial charge on any atom is -0.00490 e. The number of hydrogen-bond donors (Lipinski definition) is 1. The minimum absolute atomic E-state index is 0.700. The molecule has 0 rings (SSSR count). The summed E-state index contributed by atoms with van der Waals surface area (Å²) in [6.07, 6.45) is 8.33. The second kappa shape index (κ2) is 8.55. The Hall–Kier alpha value is -0.0400. The van der Waals surface area contributed by atoms with Crippen molar-refractivity contribution in [2.24, 2.45) is 17.6 Å². The van der Waals surface area contributed by atoms with Gasteiger partial charge in [0, 0.05) is 0 Å². The predicted molar refractivity (Wildman–Crippen MR) is 60.8 cm³/mol. The molecule has 1 nitrogen and oxygen atoms in total. The Morgan fingerprint density at radius 2 is 1.54 bits per heavy atom. The molecule has 1 heteroatoms. The maximum atomic E-state index is 5.62. The summed E-state index contributed by atoms with van der Waals surface area (Å²) < 4.78 is 0. The highest BCUT2D eigenvalue weighted by atomic mass is 14.5.